The van der Waals surface area contributed by atoms with Crippen LogP contribution in [-0.2, 0) is 11.2 Å². The van der Waals surface area contributed by atoms with Crippen molar-refractivity contribution < 1.29 is 24.1 Å². The summed E-state index contributed by atoms with van der Waals surface area (Å²) in [7, 11) is 1.52. The van der Waals surface area contributed by atoms with Gasteiger partial charge in [-0.3, -0.25) is 9.78 Å². The van der Waals surface area contributed by atoms with Crippen LogP contribution in [0.5, 0.6) is 5.75 Å². The molecule has 1 aliphatic rings. The number of benzene rings is 2. The maximum Gasteiger partial charge on any atom is 0.251 e. The van der Waals surface area contributed by atoms with Crippen LogP contribution in [0.2, 0.25) is 5.02 Å². The first-order chi connectivity index (χ1) is 18.9. The number of carbonyl (C=O) groups is 1. The number of rotatable bonds is 8. The lowest BCUT2D eigenvalue weighted by Crippen LogP contribution is -2.43. The predicted octanol–water partition coefficient (Wildman–Crippen LogP) is 5.66. The normalized spacial score (nSPS) is 15.1. The Bertz CT molecular complexity index is 1600. The van der Waals surface area contributed by atoms with Crippen molar-refractivity contribution in [2.75, 3.05) is 13.7 Å². The Kier molecular flexibility index (Phi) is 7.29. The van der Waals surface area contributed by atoms with Crippen molar-refractivity contribution in [3.05, 3.63) is 88.0 Å². The van der Waals surface area contributed by atoms with Crippen molar-refractivity contribution in [3.63, 3.8) is 0 Å². The van der Waals surface area contributed by atoms with E-state index in [0.29, 0.717) is 40.3 Å². The second kappa shape index (κ2) is 10.4. The van der Waals surface area contributed by atoms with Crippen molar-refractivity contribution in [2.45, 2.75) is 44.8 Å². The van der Waals surface area contributed by atoms with Crippen LogP contribution in [0.25, 0.3) is 22.2 Å². The summed E-state index contributed by atoms with van der Waals surface area (Å²) in [4.78, 5) is 22.3. The molecule has 0 spiro atoms. The lowest BCUT2D eigenvalue weighted by Gasteiger charge is -2.31. The van der Waals surface area contributed by atoms with E-state index in [0.717, 1.165) is 10.9 Å². The molecule has 7 nitrogen and oxygen atoms in total. The quantitative estimate of drug-likeness (QED) is 0.255. The standard InChI is InChI=1S/C31H31ClFN3O4/c1-17-11-19-12-20(13-24(40-4)27(19)34-15-17)29(37)35-16-31(39,21-7-8-21)25-14-23(30(2,3)38)26(33)28(36-25)18-5-9-22(32)10-6-18/h5-6,9-15,21,38-39H,7-8,16H2,1-4H3,(H,35,37). The molecule has 1 saturated carbocycles. The van der Waals surface area contributed by atoms with Gasteiger partial charge in [-0.05, 0) is 81.5 Å². The topological polar surface area (TPSA) is 105 Å². The number of fused-ring (bicyclic) bond motifs is 1. The average Bonchev–Trinajstić information content (AvgIpc) is 3.77. The number of aliphatic hydroxyl groups is 2. The van der Waals surface area contributed by atoms with E-state index in [4.69, 9.17) is 16.3 Å². The summed E-state index contributed by atoms with van der Waals surface area (Å²) in [6.45, 7) is 4.70. The lowest BCUT2D eigenvalue weighted by molar-refractivity contribution is 0.00864. The molecule has 1 unspecified atom stereocenters. The van der Waals surface area contributed by atoms with Gasteiger partial charge in [0.15, 0.2) is 5.82 Å². The van der Waals surface area contributed by atoms with Gasteiger partial charge in [0.05, 0.1) is 24.9 Å². The van der Waals surface area contributed by atoms with Gasteiger partial charge in [0.2, 0.25) is 0 Å². The van der Waals surface area contributed by atoms with Gasteiger partial charge < -0.3 is 20.3 Å². The number of amides is 1. The summed E-state index contributed by atoms with van der Waals surface area (Å²) in [5.74, 6) is -0.837. The SMILES string of the molecule is COc1cc(C(=O)NCC(O)(c2cc(C(C)(C)O)c(F)c(-c3ccc(Cl)cc3)n2)C2CC2)cc2cc(C)cnc12. The molecule has 1 aliphatic carbocycles. The number of ether oxygens (including phenoxy) is 1. The van der Waals surface area contributed by atoms with Crippen LogP contribution in [0.4, 0.5) is 4.39 Å². The molecule has 1 atom stereocenters. The Morgan fingerprint density at radius 3 is 2.48 bits per heavy atom. The number of nitrogens with zero attached hydrogens (tertiary/aromatic N) is 2. The van der Waals surface area contributed by atoms with Gasteiger partial charge in [0, 0.05) is 33.3 Å². The molecular formula is C31H31ClFN3O4. The van der Waals surface area contributed by atoms with E-state index in [2.05, 4.69) is 15.3 Å². The molecule has 2 heterocycles. The first kappa shape index (κ1) is 28.0. The molecule has 1 fully saturated rings. The van der Waals surface area contributed by atoms with Crippen LogP contribution in [-0.4, -0.2) is 39.7 Å². The smallest absolute Gasteiger partial charge is 0.251 e. The highest BCUT2D eigenvalue weighted by Gasteiger charge is 2.47. The Morgan fingerprint density at radius 2 is 1.85 bits per heavy atom. The van der Waals surface area contributed by atoms with Gasteiger partial charge in [0.25, 0.3) is 5.91 Å². The Morgan fingerprint density at radius 1 is 1.15 bits per heavy atom. The van der Waals surface area contributed by atoms with E-state index in [9.17, 15) is 15.0 Å². The summed E-state index contributed by atoms with van der Waals surface area (Å²) in [6, 6.07) is 13.2. The van der Waals surface area contributed by atoms with Gasteiger partial charge in [0.1, 0.15) is 22.6 Å². The maximum atomic E-state index is 15.7. The van der Waals surface area contributed by atoms with Crippen LogP contribution in [0.3, 0.4) is 0 Å². The van der Waals surface area contributed by atoms with E-state index in [-0.39, 0.29) is 29.4 Å². The number of halogens is 2. The van der Waals surface area contributed by atoms with Gasteiger partial charge in [-0.1, -0.05) is 23.7 Å². The molecule has 5 rings (SSSR count). The van der Waals surface area contributed by atoms with E-state index in [1.807, 2.05) is 13.0 Å². The molecule has 40 heavy (non-hydrogen) atoms. The fraction of sp³-hybridized carbons (Fsp3) is 0.323. The van der Waals surface area contributed by atoms with Crippen molar-refractivity contribution in [1.82, 2.24) is 15.3 Å². The van der Waals surface area contributed by atoms with Crippen molar-refractivity contribution >= 4 is 28.4 Å². The largest absolute Gasteiger partial charge is 0.494 e. The minimum atomic E-state index is -1.59. The fourth-order valence-electron chi connectivity index (χ4n) is 4.93. The van der Waals surface area contributed by atoms with Gasteiger partial charge in [-0.2, -0.15) is 0 Å². The summed E-state index contributed by atoms with van der Waals surface area (Å²) in [5, 5.41) is 26.9. The van der Waals surface area contributed by atoms with Crippen molar-refractivity contribution in [3.8, 4) is 17.0 Å². The summed E-state index contributed by atoms with van der Waals surface area (Å²) in [6.07, 6.45) is 3.17. The second-order valence-electron chi connectivity index (χ2n) is 10.9. The lowest BCUT2D eigenvalue weighted by atomic mass is 9.87. The highest BCUT2D eigenvalue weighted by molar-refractivity contribution is 6.30. The van der Waals surface area contributed by atoms with Gasteiger partial charge in [-0.15, -0.1) is 0 Å². The molecule has 0 bridgehead atoms. The van der Waals surface area contributed by atoms with Crippen molar-refractivity contribution in [2.24, 2.45) is 5.92 Å². The Balaban J connectivity index is 1.52. The molecule has 2 aromatic carbocycles. The number of aromatic nitrogens is 2. The summed E-state index contributed by atoms with van der Waals surface area (Å²) >= 11 is 6.03. The average molecular weight is 564 g/mol. The maximum absolute atomic E-state index is 15.7. The zero-order valence-electron chi connectivity index (χ0n) is 22.8. The zero-order valence-corrected chi connectivity index (χ0v) is 23.5. The molecule has 3 N–H and O–H groups in total. The van der Waals surface area contributed by atoms with E-state index in [1.165, 1.54) is 27.0 Å². The second-order valence-corrected chi connectivity index (χ2v) is 11.4. The van der Waals surface area contributed by atoms with Crippen molar-refractivity contribution in [1.29, 1.82) is 0 Å². The van der Waals surface area contributed by atoms with E-state index < -0.39 is 22.9 Å². The number of pyridine rings is 2. The molecule has 1 amide bonds. The van der Waals surface area contributed by atoms with Gasteiger partial charge in [-0.25, -0.2) is 9.37 Å². The van der Waals surface area contributed by atoms with Crippen LogP contribution in [0, 0.1) is 18.7 Å². The molecule has 4 aromatic rings. The van der Waals surface area contributed by atoms with Crippen LogP contribution in [0.1, 0.15) is 53.9 Å². The molecule has 0 saturated heterocycles. The highest BCUT2D eigenvalue weighted by Crippen LogP contribution is 2.46. The molecule has 0 aliphatic heterocycles. The zero-order chi connectivity index (χ0) is 28.8. The summed E-state index contributed by atoms with van der Waals surface area (Å²) in [5.41, 5.74) is -0.609. The first-order valence-corrected chi connectivity index (χ1v) is 13.4. The van der Waals surface area contributed by atoms with Gasteiger partial charge >= 0.3 is 0 Å². The molecule has 0 radical (unpaired) electrons. The highest BCUT2D eigenvalue weighted by atomic mass is 35.5. The number of hydrogen-bond acceptors (Lipinski definition) is 6. The Hall–Kier alpha value is -3.59. The molecule has 208 valence electrons. The fourth-order valence-corrected chi connectivity index (χ4v) is 5.06. The first-order valence-electron chi connectivity index (χ1n) is 13.1. The number of hydrogen-bond donors (Lipinski definition) is 3. The molecule has 2 aromatic heterocycles. The number of nitrogens with one attached hydrogen (secondary N) is 1. The molecular weight excluding hydrogens is 533 g/mol. The number of aryl methyl sites for hydroxylation is 1. The van der Waals surface area contributed by atoms with Crippen LogP contribution in [0.15, 0.2) is 54.7 Å². The number of methoxy groups -OCH3 is 1. The minimum absolute atomic E-state index is 0.00464. The minimum Gasteiger partial charge on any atom is -0.494 e. The van der Waals surface area contributed by atoms with E-state index >= 15 is 4.39 Å². The van der Waals surface area contributed by atoms with Crippen LogP contribution >= 0.6 is 11.6 Å². The summed E-state index contributed by atoms with van der Waals surface area (Å²) < 4.78 is 21.1. The Labute approximate surface area is 237 Å². The number of carbonyl (C=O) groups excluding carboxylic acids is 1. The van der Waals surface area contributed by atoms with E-state index in [1.54, 1.807) is 42.6 Å². The third kappa shape index (κ3) is 5.39. The third-order valence-corrected chi connectivity index (χ3v) is 7.57. The third-order valence-electron chi connectivity index (χ3n) is 7.32. The molecule has 9 heteroatoms. The predicted molar refractivity (Wildman–Crippen MR) is 152 cm³/mol. The van der Waals surface area contributed by atoms with Crippen LogP contribution < -0.4 is 10.1 Å². The monoisotopic (exact) mass is 563 g/mol.